The van der Waals surface area contributed by atoms with Gasteiger partial charge in [0.25, 0.3) is 6.47 Å². The number of rotatable bonds is 2. The molecule has 0 spiro atoms. The van der Waals surface area contributed by atoms with Crippen LogP contribution in [0.2, 0.25) is 0 Å². The molecule has 6 heteroatoms. The Morgan fingerprint density at radius 1 is 1.29 bits per heavy atom. The molecule has 17 heavy (non-hydrogen) atoms. The molecule has 0 aromatic heterocycles. The van der Waals surface area contributed by atoms with Crippen LogP contribution in [-0.2, 0) is 9.53 Å². The summed E-state index contributed by atoms with van der Waals surface area (Å²) in [7, 11) is 0. The van der Waals surface area contributed by atoms with Crippen molar-refractivity contribution in [2.24, 2.45) is 17.1 Å². The van der Waals surface area contributed by atoms with Crippen LogP contribution in [-0.4, -0.2) is 43.3 Å². The topological polar surface area (TPSA) is 71.0 Å². The molecular weight excluding hydrogens is 222 g/mol. The summed E-state index contributed by atoms with van der Waals surface area (Å²) in [4.78, 5) is 19.7. The van der Waals surface area contributed by atoms with Gasteiger partial charge in [-0.15, -0.1) is 4.91 Å². The molecule has 0 aromatic carbocycles. The zero-order valence-electron chi connectivity index (χ0n) is 10.7. The van der Waals surface area contributed by atoms with E-state index in [1.165, 1.54) is 0 Å². The molecule has 2 unspecified atom stereocenters. The highest BCUT2D eigenvalue weighted by Gasteiger charge is 2.36. The van der Waals surface area contributed by atoms with E-state index in [9.17, 15) is 9.70 Å². The summed E-state index contributed by atoms with van der Waals surface area (Å²) < 4.78 is 4.55. The zero-order valence-corrected chi connectivity index (χ0v) is 10.7. The van der Waals surface area contributed by atoms with Crippen molar-refractivity contribution in [3.05, 3.63) is 4.91 Å². The van der Waals surface area contributed by atoms with Crippen molar-refractivity contribution in [3.63, 3.8) is 0 Å². The standard InChI is InChI=1S/C6H11N3O.C5H10O2/c10-8-9-3-5-1-7-2-6(5)4-9;1-5(2,3)7-4-6/h5-7H,1-4H2;4H,1-3H3. The first kappa shape index (κ1) is 13.9. The quantitative estimate of drug-likeness (QED) is 0.573. The SMILES string of the molecule is CC(C)(C)OC=O.O=NN1CC2CNCC2C1. The molecule has 0 radical (unpaired) electrons. The minimum atomic E-state index is -0.318. The van der Waals surface area contributed by atoms with Crippen LogP contribution in [0, 0.1) is 16.7 Å². The van der Waals surface area contributed by atoms with Gasteiger partial charge in [0.05, 0.1) is 5.29 Å². The molecule has 2 rings (SSSR count). The molecule has 2 fully saturated rings. The average Bonchev–Trinajstić information content (AvgIpc) is 2.75. The number of nitrogens with zero attached hydrogens (tertiary/aromatic N) is 2. The second kappa shape index (κ2) is 5.95. The van der Waals surface area contributed by atoms with Gasteiger partial charge < -0.3 is 10.1 Å². The van der Waals surface area contributed by atoms with Crippen LogP contribution in [0.5, 0.6) is 0 Å². The van der Waals surface area contributed by atoms with Gasteiger partial charge >= 0.3 is 0 Å². The highest BCUT2D eigenvalue weighted by Crippen LogP contribution is 2.25. The zero-order chi connectivity index (χ0) is 12.9. The number of carbonyl (C=O) groups is 1. The molecule has 2 saturated heterocycles. The Kier molecular flexibility index (Phi) is 4.86. The monoisotopic (exact) mass is 243 g/mol. The van der Waals surface area contributed by atoms with Crippen molar-refractivity contribution in [3.8, 4) is 0 Å². The summed E-state index contributed by atoms with van der Waals surface area (Å²) in [6, 6.07) is 0. The lowest BCUT2D eigenvalue weighted by Crippen LogP contribution is -2.20. The predicted octanol–water partition coefficient (Wildman–Crippen LogP) is 0.777. The molecule has 1 N–H and O–H groups in total. The molecule has 2 heterocycles. The second-order valence-corrected chi connectivity index (χ2v) is 5.46. The van der Waals surface area contributed by atoms with Crippen LogP contribution in [0.4, 0.5) is 0 Å². The first-order valence-electron chi connectivity index (χ1n) is 5.86. The Morgan fingerprint density at radius 2 is 1.82 bits per heavy atom. The van der Waals surface area contributed by atoms with Gasteiger partial charge in [0, 0.05) is 26.2 Å². The lowest BCUT2D eigenvalue weighted by atomic mass is 10.0. The van der Waals surface area contributed by atoms with Crippen molar-refractivity contribution >= 4 is 6.47 Å². The van der Waals surface area contributed by atoms with Gasteiger partial charge in [-0.25, -0.2) is 0 Å². The van der Waals surface area contributed by atoms with Crippen LogP contribution < -0.4 is 5.32 Å². The van der Waals surface area contributed by atoms with Gasteiger partial charge in [-0.1, -0.05) is 0 Å². The Labute approximate surface area is 102 Å². The van der Waals surface area contributed by atoms with Gasteiger partial charge in [-0.05, 0) is 32.6 Å². The summed E-state index contributed by atoms with van der Waals surface area (Å²) in [6.07, 6.45) is 0. The van der Waals surface area contributed by atoms with Gasteiger partial charge in [-0.2, -0.15) is 0 Å². The van der Waals surface area contributed by atoms with E-state index in [2.05, 4.69) is 15.3 Å². The number of nitrogens with one attached hydrogen (secondary N) is 1. The van der Waals surface area contributed by atoms with E-state index in [0.29, 0.717) is 18.3 Å². The molecule has 0 saturated carbocycles. The fourth-order valence-electron chi connectivity index (χ4n) is 2.04. The summed E-state index contributed by atoms with van der Waals surface area (Å²) in [5.41, 5.74) is -0.318. The van der Waals surface area contributed by atoms with Crippen LogP contribution in [0.3, 0.4) is 0 Å². The minimum absolute atomic E-state index is 0.318. The fraction of sp³-hybridized carbons (Fsp3) is 0.909. The molecule has 2 aliphatic rings. The summed E-state index contributed by atoms with van der Waals surface area (Å²) in [5, 5.41) is 7.86. The Bertz CT molecular complexity index is 253. The van der Waals surface area contributed by atoms with E-state index < -0.39 is 0 Å². The smallest absolute Gasteiger partial charge is 0.293 e. The van der Waals surface area contributed by atoms with Crippen molar-refractivity contribution < 1.29 is 9.53 Å². The van der Waals surface area contributed by atoms with E-state index in [1.807, 2.05) is 20.8 Å². The number of fused-ring (bicyclic) bond motifs is 1. The van der Waals surface area contributed by atoms with Crippen LogP contribution in [0.25, 0.3) is 0 Å². The van der Waals surface area contributed by atoms with Crippen molar-refractivity contribution in [2.75, 3.05) is 26.2 Å². The van der Waals surface area contributed by atoms with Crippen LogP contribution >= 0.6 is 0 Å². The van der Waals surface area contributed by atoms with Gasteiger partial charge in [-0.3, -0.25) is 9.80 Å². The molecular formula is C11H21N3O3. The molecule has 98 valence electrons. The number of hydrogen-bond acceptors (Lipinski definition) is 5. The summed E-state index contributed by atoms with van der Waals surface area (Å²) in [5.74, 6) is 1.36. The molecule has 0 aliphatic carbocycles. The molecule has 0 amide bonds. The highest BCUT2D eigenvalue weighted by atomic mass is 16.5. The van der Waals surface area contributed by atoms with Gasteiger partial charge in [0.1, 0.15) is 5.60 Å². The maximum Gasteiger partial charge on any atom is 0.293 e. The normalized spacial score (nSPS) is 26.9. The van der Waals surface area contributed by atoms with Crippen LogP contribution in [0.15, 0.2) is 5.29 Å². The molecule has 2 aliphatic heterocycles. The second-order valence-electron chi connectivity index (χ2n) is 5.46. The fourth-order valence-corrected chi connectivity index (χ4v) is 2.04. The molecule has 2 atom stereocenters. The largest absolute Gasteiger partial charge is 0.462 e. The van der Waals surface area contributed by atoms with E-state index in [-0.39, 0.29) is 5.60 Å². The first-order valence-corrected chi connectivity index (χ1v) is 5.86. The van der Waals surface area contributed by atoms with E-state index >= 15 is 0 Å². The summed E-state index contributed by atoms with van der Waals surface area (Å²) >= 11 is 0. The number of ether oxygens (including phenoxy) is 1. The van der Waals surface area contributed by atoms with Gasteiger partial charge in [0.15, 0.2) is 0 Å². The maximum atomic E-state index is 10.1. The van der Waals surface area contributed by atoms with Crippen LogP contribution in [0.1, 0.15) is 20.8 Å². The van der Waals surface area contributed by atoms with Crippen molar-refractivity contribution in [2.45, 2.75) is 26.4 Å². The average molecular weight is 243 g/mol. The Morgan fingerprint density at radius 3 is 2.12 bits per heavy atom. The third kappa shape index (κ3) is 4.68. The van der Waals surface area contributed by atoms with E-state index in [4.69, 9.17) is 0 Å². The number of nitroso groups, excluding NO2 is 1. The van der Waals surface area contributed by atoms with E-state index in [0.717, 1.165) is 26.2 Å². The lowest BCUT2D eigenvalue weighted by molar-refractivity contribution is -0.138. The predicted molar refractivity (Wildman–Crippen MR) is 64.1 cm³/mol. The molecule has 6 nitrogen and oxygen atoms in total. The van der Waals surface area contributed by atoms with Crippen molar-refractivity contribution in [1.29, 1.82) is 0 Å². The molecule has 0 bridgehead atoms. The summed E-state index contributed by atoms with van der Waals surface area (Å²) in [6.45, 7) is 9.78. The van der Waals surface area contributed by atoms with E-state index in [1.54, 1.807) is 5.01 Å². The first-order chi connectivity index (χ1) is 7.96. The number of carbonyl (C=O) groups excluding carboxylic acids is 1. The minimum Gasteiger partial charge on any atom is -0.462 e. The Balaban J connectivity index is 0.000000185. The van der Waals surface area contributed by atoms with Crippen molar-refractivity contribution in [1.82, 2.24) is 10.3 Å². The third-order valence-corrected chi connectivity index (χ3v) is 2.89. The third-order valence-electron chi connectivity index (χ3n) is 2.89. The van der Waals surface area contributed by atoms with Gasteiger partial charge in [0.2, 0.25) is 0 Å². The number of hydrogen-bond donors (Lipinski definition) is 1. The maximum absolute atomic E-state index is 10.1. The molecule has 0 aromatic rings. The Hall–Kier alpha value is -1.17. The lowest BCUT2D eigenvalue weighted by Gasteiger charge is -2.14. The highest BCUT2D eigenvalue weighted by molar-refractivity contribution is 5.37.